The number of phenols is 1. The van der Waals surface area contributed by atoms with Crippen molar-refractivity contribution in [1.29, 1.82) is 0 Å². The smallest absolute Gasteiger partial charge is 0.147 e. The second kappa shape index (κ2) is 7.55. The molecule has 4 rings (SSSR count). The summed E-state index contributed by atoms with van der Waals surface area (Å²) >= 11 is 0. The van der Waals surface area contributed by atoms with Crippen LogP contribution >= 0.6 is 0 Å². The van der Waals surface area contributed by atoms with Crippen LogP contribution in [-0.4, -0.2) is 15.1 Å². The van der Waals surface area contributed by atoms with E-state index >= 15 is 0 Å². The number of nitrogens with zero attached hydrogens (tertiary/aromatic N) is 2. The molecular weight excluding hydrogens is 358 g/mol. The van der Waals surface area contributed by atoms with E-state index in [0.29, 0.717) is 5.52 Å². The van der Waals surface area contributed by atoms with E-state index in [2.05, 4.69) is 48.2 Å². The lowest BCUT2D eigenvalue weighted by molar-refractivity contribution is 0.471. The number of aromatic hydroxyl groups is 1. The number of hydrogen-bond donors (Lipinski definition) is 2. The number of nitrogens with one attached hydrogen (secondary N) is 1. The molecule has 0 radical (unpaired) electrons. The van der Waals surface area contributed by atoms with Gasteiger partial charge >= 0.3 is 0 Å². The Morgan fingerprint density at radius 1 is 0.828 bits per heavy atom. The maximum absolute atomic E-state index is 11.1. The fourth-order valence-electron chi connectivity index (χ4n) is 4.09. The van der Waals surface area contributed by atoms with Gasteiger partial charge in [-0.2, -0.15) is 0 Å². The van der Waals surface area contributed by atoms with E-state index in [9.17, 15) is 5.11 Å². The average molecular weight is 383 g/mol. The van der Waals surface area contributed by atoms with Crippen LogP contribution in [0.4, 0.5) is 5.82 Å². The van der Waals surface area contributed by atoms with E-state index in [4.69, 9.17) is 0 Å². The van der Waals surface area contributed by atoms with Gasteiger partial charge in [-0.05, 0) is 68.1 Å². The molecule has 2 aromatic carbocycles. The van der Waals surface area contributed by atoms with Crippen molar-refractivity contribution in [3.05, 3.63) is 94.3 Å². The zero-order valence-electron chi connectivity index (χ0n) is 17.2. The summed E-state index contributed by atoms with van der Waals surface area (Å²) in [6.07, 6.45) is 3.50. The van der Waals surface area contributed by atoms with Crippen LogP contribution in [0.1, 0.15) is 39.4 Å². The van der Waals surface area contributed by atoms with Crippen molar-refractivity contribution >= 4 is 16.7 Å². The molecule has 2 aromatic heterocycles. The molecule has 0 saturated heterocycles. The summed E-state index contributed by atoms with van der Waals surface area (Å²) in [5.74, 6) is 0.975. The van der Waals surface area contributed by atoms with Gasteiger partial charge in [0, 0.05) is 23.3 Å². The third kappa shape index (κ3) is 3.66. The predicted molar refractivity (Wildman–Crippen MR) is 119 cm³/mol. The summed E-state index contributed by atoms with van der Waals surface area (Å²) in [6.45, 7) is 8.38. The van der Waals surface area contributed by atoms with Crippen LogP contribution in [0, 0.1) is 27.7 Å². The topological polar surface area (TPSA) is 58.0 Å². The van der Waals surface area contributed by atoms with Crippen LogP contribution in [0.5, 0.6) is 5.75 Å². The van der Waals surface area contributed by atoms with Gasteiger partial charge in [0.2, 0.25) is 0 Å². The van der Waals surface area contributed by atoms with Crippen molar-refractivity contribution in [2.45, 2.75) is 33.7 Å². The third-order valence-electron chi connectivity index (χ3n) is 5.32. The van der Waals surface area contributed by atoms with Gasteiger partial charge in [0.25, 0.3) is 0 Å². The van der Waals surface area contributed by atoms with E-state index in [0.717, 1.165) is 27.9 Å². The molecule has 146 valence electrons. The molecule has 0 aliphatic carbocycles. The molecular formula is C25H25N3O. The van der Waals surface area contributed by atoms with E-state index in [1.165, 1.54) is 16.7 Å². The lowest BCUT2D eigenvalue weighted by Crippen LogP contribution is -2.16. The molecule has 4 nitrogen and oxygen atoms in total. The number of fused-ring (bicyclic) bond motifs is 1. The highest BCUT2D eigenvalue weighted by molar-refractivity contribution is 5.86. The summed E-state index contributed by atoms with van der Waals surface area (Å²) in [6, 6.07) is 15.9. The van der Waals surface area contributed by atoms with Gasteiger partial charge in [-0.25, -0.2) is 4.98 Å². The number of pyridine rings is 2. The van der Waals surface area contributed by atoms with E-state index < -0.39 is 0 Å². The quantitative estimate of drug-likeness (QED) is 0.470. The lowest BCUT2D eigenvalue weighted by atomic mass is 9.89. The number of hydrogen-bond acceptors (Lipinski definition) is 4. The molecule has 0 saturated carbocycles. The number of rotatable bonds is 4. The van der Waals surface area contributed by atoms with Gasteiger partial charge < -0.3 is 10.4 Å². The highest BCUT2D eigenvalue weighted by Crippen LogP contribution is 2.38. The number of benzene rings is 2. The highest BCUT2D eigenvalue weighted by Gasteiger charge is 2.23. The molecule has 0 spiro atoms. The molecule has 2 N–H and O–H groups in total. The van der Waals surface area contributed by atoms with Gasteiger partial charge in [-0.15, -0.1) is 0 Å². The number of phenolic OH excluding ortho intramolecular Hbond substituents is 1. The second-order valence-corrected chi connectivity index (χ2v) is 7.69. The zero-order chi connectivity index (χ0) is 20.5. The fraction of sp³-hybridized carbons (Fsp3) is 0.200. The zero-order valence-corrected chi connectivity index (χ0v) is 17.2. The van der Waals surface area contributed by atoms with Crippen molar-refractivity contribution in [3.8, 4) is 5.75 Å². The maximum Gasteiger partial charge on any atom is 0.147 e. The van der Waals surface area contributed by atoms with Crippen molar-refractivity contribution in [2.75, 3.05) is 5.32 Å². The minimum atomic E-state index is -0.253. The Morgan fingerprint density at radius 3 is 2.31 bits per heavy atom. The third-order valence-corrected chi connectivity index (χ3v) is 5.32. The lowest BCUT2D eigenvalue weighted by Gasteiger charge is -2.25. The average Bonchev–Trinajstić information content (AvgIpc) is 2.67. The number of aryl methyl sites for hydroxylation is 4. The Bertz CT molecular complexity index is 1180. The molecule has 1 atom stereocenters. The Hall–Kier alpha value is -3.40. The summed E-state index contributed by atoms with van der Waals surface area (Å²) in [7, 11) is 0. The van der Waals surface area contributed by atoms with Crippen LogP contribution < -0.4 is 5.32 Å². The minimum absolute atomic E-state index is 0.202. The first kappa shape index (κ1) is 18.9. The first-order valence-corrected chi connectivity index (χ1v) is 9.77. The molecule has 0 amide bonds. The van der Waals surface area contributed by atoms with Crippen molar-refractivity contribution < 1.29 is 5.11 Å². The monoisotopic (exact) mass is 383 g/mol. The summed E-state index contributed by atoms with van der Waals surface area (Å²) in [5, 5.41) is 15.6. The Balaban J connectivity index is 1.93. The van der Waals surface area contributed by atoms with Gasteiger partial charge in [-0.3, -0.25) is 4.98 Å². The van der Waals surface area contributed by atoms with Crippen molar-refractivity contribution in [3.63, 3.8) is 0 Å². The molecule has 0 fully saturated rings. The summed E-state index contributed by atoms with van der Waals surface area (Å²) in [5.41, 5.74) is 7.24. The van der Waals surface area contributed by atoms with Crippen LogP contribution in [-0.2, 0) is 0 Å². The first-order chi connectivity index (χ1) is 13.9. The molecule has 4 heteroatoms. The number of aromatic nitrogens is 2. The second-order valence-electron chi connectivity index (χ2n) is 7.69. The highest BCUT2D eigenvalue weighted by atomic mass is 16.3. The summed E-state index contributed by atoms with van der Waals surface area (Å²) < 4.78 is 0. The van der Waals surface area contributed by atoms with Crippen molar-refractivity contribution in [2.24, 2.45) is 0 Å². The van der Waals surface area contributed by atoms with Crippen LogP contribution in [0.2, 0.25) is 0 Å². The van der Waals surface area contributed by atoms with E-state index in [1.54, 1.807) is 12.4 Å². The Labute approximate surface area is 171 Å². The molecule has 0 aliphatic rings. The SMILES string of the molecule is Cc1ccnc(NC(c2ccc3cccnc3c2O)c2c(C)cc(C)cc2C)c1. The molecule has 29 heavy (non-hydrogen) atoms. The van der Waals surface area contributed by atoms with Gasteiger partial charge in [0.15, 0.2) is 0 Å². The maximum atomic E-state index is 11.1. The van der Waals surface area contributed by atoms with Crippen LogP contribution in [0.25, 0.3) is 10.9 Å². The molecule has 0 aliphatic heterocycles. The Morgan fingerprint density at radius 2 is 1.59 bits per heavy atom. The standard InChI is InChI=1S/C25H25N3O/c1-15-9-11-26-21(14-15)28-24(22-17(3)12-16(2)13-18(22)4)20-8-7-19-6-5-10-27-23(19)25(20)29/h5-14,24,29H,1-4H3,(H,26,28). The van der Waals surface area contributed by atoms with Gasteiger partial charge in [0.05, 0.1) is 6.04 Å². The van der Waals surface area contributed by atoms with Gasteiger partial charge in [-0.1, -0.05) is 35.9 Å². The predicted octanol–water partition coefficient (Wildman–Crippen LogP) is 5.77. The normalized spacial score (nSPS) is 12.1. The van der Waals surface area contributed by atoms with Crippen LogP contribution in [0.3, 0.4) is 0 Å². The first-order valence-electron chi connectivity index (χ1n) is 9.77. The molecule has 0 bridgehead atoms. The molecule has 4 aromatic rings. The largest absolute Gasteiger partial charge is 0.505 e. The van der Waals surface area contributed by atoms with E-state index in [-0.39, 0.29) is 11.8 Å². The van der Waals surface area contributed by atoms with Gasteiger partial charge in [0.1, 0.15) is 17.1 Å². The Kier molecular flexibility index (Phi) is 4.93. The molecule has 2 heterocycles. The number of anilines is 1. The minimum Gasteiger partial charge on any atom is -0.505 e. The van der Waals surface area contributed by atoms with Crippen molar-refractivity contribution in [1.82, 2.24) is 9.97 Å². The summed E-state index contributed by atoms with van der Waals surface area (Å²) in [4.78, 5) is 8.90. The van der Waals surface area contributed by atoms with E-state index in [1.807, 2.05) is 43.3 Å². The molecule has 1 unspecified atom stereocenters. The fourth-order valence-corrected chi connectivity index (χ4v) is 4.09. The van der Waals surface area contributed by atoms with Crippen LogP contribution in [0.15, 0.2) is 60.9 Å².